The molecule has 0 fully saturated rings. The summed E-state index contributed by atoms with van der Waals surface area (Å²) in [4.78, 5) is 10.8. The molecule has 1 N–H and O–H groups in total. The van der Waals surface area contributed by atoms with Gasteiger partial charge in [-0.25, -0.2) is 5.10 Å². The van der Waals surface area contributed by atoms with Crippen molar-refractivity contribution in [1.82, 2.24) is 10.2 Å². The molecule has 0 amide bonds. The second-order valence-corrected chi connectivity index (χ2v) is 3.25. The minimum absolute atomic E-state index is 0.206. The molecular formula is C10H7ClN2O. The van der Waals surface area contributed by atoms with Crippen molar-refractivity contribution in [1.29, 1.82) is 0 Å². The fourth-order valence-corrected chi connectivity index (χ4v) is 1.25. The van der Waals surface area contributed by atoms with Crippen LogP contribution in [0.5, 0.6) is 0 Å². The van der Waals surface area contributed by atoms with Crippen molar-refractivity contribution in [2.24, 2.45) is 0 Å². The molecule has 0 saturated carbocycles. The Hall–Kier alpha value is -1.61. The smallest absolute Gasteiger partial charge is 0.264 e. The summed E-state index contributed by atoms with van der Waals surface area (Å²) in [6, 6.07) is 10.4. The van der Waals surface area contributed by atoms with E-state index in [0.717, 1.165) is 11.3 Å². The Balaban J connectivity index is 2.44. The Bertz CT molecular complexity index is 470. The van der Waals surface area contributed by atoms with Gasteiger partial charge in [0.05, 0.1) is 5.69 Å². The van der Waals surface area contributed by atoms with Gasteiger partial charge in [-0.3, -0.25) is 4.79 Å². The number of rotatable bonds is 1. The molecule has 1 heterocycles. The maximum absolute atomic E-state index is 10.8. The molecule has 1 aromatic heterocycles. The number of aromatic amines is 1. The van der Waals surface area contributed by atoms with E-state index >= 15 is 0 Å². The van der Waals surface area contributed by atoms with Crippen molar-refractivity contribution < 1.29 is 0 Å². The van der Waals surface area contributed by atoms with E-state index in [4.69, 9.17) is 11.6 Å². The highest BCUT2D eigenvalue weighted by molar-refractivity contribution is 6.30. The van der Waals surface area contributed by atoms with Crippen molar-refractivity contribution in [3.05, 3.63) is 51.8 Å². The lowest BCUT2D eigenvalue weighted by Crippen LogP contribution is -2.05. The second kappa shape index (κ2) is 3.64. The summed E-state index contributed by atoms with van der Waals surface area (Å²) in [7, 11) is 0. The van der Waals surface area contributed by atoms with Crippen molar-refractivity contribution in [3.63, 3.8) is 0 Å². The third-order valence-corrected chi connectivity index (χ3v) is 2.07. The van der Waals surface area contributed by atoms with Crippen molar-refractivity contribution >= 4 is 11.6 Å². The van der Waals surface area contributed by atoms with E-state index in [1.807, 2.05) is 12.1 Å². The van der Waals surface area contributed by atoms with Gasteiger partial charge in [-0.1, -0.05) is 23.7 Å². The van der Waals surface area contributed by atoms with Gasteiger partial charge < -0.3 is 0 Å². The molecule has 0 aliphatic carbocycles. The monoisotopic (exact) mass is 206 g/mol. The normalized spacial score (nSPS) is 10.1. The van der Waals surface area contributed by atoms with Gasteiger partial charge in [-0.15, -0.1) is 0 Å². The SMILES string of the molecule is O=c1ccc(-c2ccc(Cl)cc2)n[nH]1. The summed E-state index contributed by atoms with van der Waals surface area (Å²) in [5.74, 6) is 0. The lowest BCUT2D eigenvalue weighted by atomic mass is 10.1. The minimum Gasteiger partial charge on any atom is -0.268 e. The molecule has 0 unspecified atom stereocenters. The number of benzene rings is 1. The fourth-order valence-electron chi connectivity index (χ4n) is 1.13. The van der Waals surface area contributed by atoms with Crippen LogP contribution in [0.15, 0.2) is 41.2 Å². The van der Waals surface area contributed by atoms with Gasteiger partial charge in [0.1, 0.15) is 0 Å². The molecule has 2 aromatic rings. The summed E-state index contributed by atoms with van der Waals surface area (Å²) in [6.07, 6.45) is 0. The molecule has 0 aliphatic rings. The van der Waals surface area contributed by atoms with E-state index in [0.29, 0.717) is 5.02 Å². The van der Waals surface area contributed by atoms with Crippen LogP contribution in [-0.2, 0) is 0 Å². The van der Waals surface area contributed by atoms with Gasteiger partial charge in [0.2, 0.25) is 0 Å². The van der Waals surface area contributed by atoms with E-state index < -0.39 is 0 Å². The van der Waals surface area contributed by atoms with Crippen LogP contribution < -0.4 is 5.56 Å². The molecule has 0 radical (unpaired) electrons. The average Bonchev–Trinajstić information content (AvgIpc) is 2.21. The highest BCUT2D eigenvalue weighted by atomic mass is 35.5. The van der Waals surface area contributed by atoms with E-state index in [1.165, 1.54) is 6.07 Å². The van der Waals surface area contributed by atoms with Gasteiger partial charge in [-0.2, -0.15) is 5.10 Å². The summed E-state index contributed by atoms with van der Waals surface area (Å²) in [5.41, 5.74) is 1.44. The molecule has 4 heteroatoms. The molecule has 2 rings (SSSR count). The van der Waals surface area contributed by atoms with Gasteiger partial charge in [-0.05, 0) is 18.2 Å². The maximum Gasteiger partial charge on any atom is 0.264 e. The zero-order chi connectivity index (χ0) is 9.97. The van der Waals surface area contributed by atoms with E-state index in [-0.39, 0.29) is 5.56 Å². The summed E-state index contributed by atoms with van der Waals surface area (Å²) in [6.45, 7) is 0. The summed E-state index contributed by atoms with van der Waals surface area (Å²) in [5, 5.41) is 6.95. The van der Waals surface area contributed by atoms with Gasteiger partial charge in [0, 0.05) is 16.7 Å². The van der Waals surface area contributed by atoms with Crippen LogP contribution in [0.25, 0.3) is 11.3 Å². The first-order valence-electron chi connectivity index (χ1n) is 4.07. The van der Waals surface area contributed by atoms with E-state index in [9.17, 15) is 4.79 Å². The number of hydrogen-bond donors (Lipinski definition) is 1. The van der Waals surface area contributed by atoms with Crippen LogP contribution in [0.3, 0.4) is 0 Å². The molecule has 0 aliphatic heterocycles. The Labute approximate surface area is 85.4 Å². The molecule has 1 aromatic carbocycles. The molecule has 0 atom stereocenters. The molecule has 0 bridgehead atoms. The number of nitrogens with zero attached hydrogens (tertiary/aromatic N) is 1. The zero-order valence-electron chi connectivity index (χ0n) is 7.20. The average molecular weight is 207 g/mol. The Morgan fingerprint density at radius 3 is 2.36 bits per heavy atom. The van der Waals surface area contributed by atoms with Gasteiger partial charge in [0.25, 0.3) is 5.56 Å². The number of aromatic nitrogens is 2. The molecular weight excluding hydrogens is 200 g/mol. The minimum atomic E-state index is -0.206. The van der Waals surface area contributed by atoms with Gasteiger partial charge in [0.15, 0.2) is 0 Å². The van der Waals surface area contributed by atoms with Crippen LogP contribution in [0.4, 0.5) is 0 Å². The highest BCUT2D eigenvalue weighted by Gasteiger charge is 1.98. The number of hydrogen-bond acceptors (Lipinski definition) is 2. The highest BCUT2D eigenvalue weighted by Crippen LogP contribution is 2.17. The summed E-state index contributed by atoms with van der Waals surface area (Å²) < 4.78 is 0. The van der Waals surface area contributed by atoms with E-state index in [1.54, 1.807) is 18.2 Å². The third kappa shape index (κ3) is 1.83. The first kappa shape index (κ1) is 8.97. The van der Waals surface area contributed by atoms with Crippen LogP contribution in [0.2, 0.25) is 5.02 Å². The third-order valence-electron chi connectivity index (χ3n) is 1.82. The molecule has 70 valence electrons. The van der Waals surface area contributed by atoms with Gasteiger partial charge >= 0.3 is 0 Å². The van der Waals surface area contributed by atoms with Crippen LogP contribution in [-0.4, -0.2) is 10.2 Å². The summed E-state index contributed by atoms with van der Waals surface area (Å²) >= 11 is 5.75. The molecule has 14 heavy (non-hydrogen) atoms. The zero-order valence-corrected chi connectivity index (χ0v) is 7.95. The topological polar surface area (TPSA) is 45.8 Å². The van der Waals surface area contributed by atoms with Crippen molar-refractivity contribution in [3.8, 4) is 11.3 Å². The Morgan fingerprint density at radius 1 is 1.07 bits per heavy atom. The predicted octanol–water partition coefficient (Wildman–Crippen LogP) is 2.09. The first-order valence-corrected chi connectivity index (χ1v) is 4.45. The molecule has 0 saturated heterocycles. The maximum atomic E-state index is 10.8. The van der Waals surface area contributed by atoms with Crippen LogP contribution in [0, 0.1) is 0 Å². The van der Waals surface area contributed by atoms with E-state index in [2.05, 4.69) is 10.2 Å². The quantitative estimate of drug-likeness (QED) is 0.777. The number of nitrogens with one attached hydrogen (secondary N) is 1. The standard InChI is InChI=1S/C10H7ClN2O/c11-8-3-1-7(2-4-8)9-5-6-10(14)13-12-9/h1-6H,(H,13,14). The second-order valence-electron chi connectivity index (χ2n) is 2.81. The predicted molar refractivity (Wildman–Crippen MR) is 55.3 cm³/mol. The number of halogens is 1. The first-order chi connectivity index (χ1) is 6.75. The Morgan fingerprint density at radius 2 is 1.79 bits per heavy atom. The molecule has 3 nitrogen and oxygen atoms in total. The van der Waals surface area contributed by atoms with Crippen molar-refractivity contribution in [2.45, 2.75) is 0 Å². The lowest BCUT2D eigenvalue weighted by Gasteiger charge is -1.98. The van der Waals surface area contributed by atoms with Crippen molar-refractivity contribution in [2.75, 3.05) is 0 Å². The largest absolute Gasteiger partial charge is 0.268 e. The van der Waals surface area contributed by atoms with Crippen LogP contribution in [0.1, 0.15) is 0 Å². The lowest BCUT2D eigenvalue weighted by molar-refractivity contribution is 0.995. The van der Waals surface area contributed by atoms with Crippen LogP contribution >= 0.6 is 11.6 Å². The number of H-pyrrole nitrogens is 1. The fraction of sp³-hybridized carbons (Fsp3) is 0. The Kier molecular flexibility index (Phi) is 2.33. The molecule has 0 spiro atoms.